The van der Waals surface area contributed by atoms with E-state index in [1.807, 2.05) is 10.8 Å². The molecule has 1 amide bonds. The highest BCUT2D eigenvalue weighted by Gasteiger charge is 2.51. The molecule has 4 rings (SSSR count). The molecule has 7 heteroatoms. The Kier molecular flexibility index (Phi) is 5.77. The van der Waals surface area contributed by atoms with Crippen molar-refractivity contribution in [1.82, 2.24) is 14.5 Å². The summed E-state index contributed by atoms with van der Waals surface area (Å²) in [6, 6.07) is 14.9. The van der Waals surface area contributed by atoms with Crippen LogP contribution in [0.5, 0.6) is 0 Å². The van der Waals surface area contributed by atoms with E-state index in [9.17, 15) is 14.4 Å². The molecular weight excluding hydrogens is 402 g/mol. The maximum absolute atomic E-state index is 13.2. The van der Waals surface area contributed by atoms with Gasteiger partial charge in [-0.1, -0.05) is 54.1 Å². The number of benzene rings is 2. The summed E-state index contributed by atoms with van der Waals surface area (Å²) in [5, 5.41) is 0.548. The van der Waals surface area contributed by atoms with E-state index >= 15 is 0 Å². The normalized spacial score (nSPS) is 18.8. The number of likely N-dealkylation sites (tertiary alicyclic amines) is 1. The van der Waals surface area contributed by atoms with Crippen molar-refractivity contribution in [2.75, 3.05) is 6.54 Å². The molecule has 0 bridgehead atoms. The van der Waals surface area contributed by atoms with Gasteiger partial charge in [0.25, 0.3) is 5.91 Å². The number of amides is 1. The molecule has 0 spiro atoms. The fraction of sp³-hybridized carbons (Fsp3) is 0.217. The number of hydrogen-bond donors (Lipinski definition) is 0. The first-order chi connectivity index (χ1) is 14.6. The van der Waals surface area contributed by atoms with E-state index in [0.29, 0.717) is 30.1 Å². The number of rotatable bonds is 7. The smallest absolute Gasteiger partial charge is 0.291 e. The quantitative estimate of drug-likeness (QED) is 0.332. The molecule has 0 aliphatic carbocycles. The second kappa shape index (κ2) is 8.63. The number of carbonyl (C=O) groups excluding carboxylic acids is 3. The van der Waals surface area contributed by atoms with E-state index in [2.05, 4.69) is 4.98 Å². The summed E-state index contributed by atoms with van der Waals surface area (Å²) in [5.41, 5.74) is 1.14. The van der Waals surface area contributed by atoms with Crippen LogP contribution in [0, 0.1) is 5.92 Å². The molecular formula is C23H20ClN3O3. The number of nitrogens with zero attached hydrogens (tertiary/aromatic N) is 3. The zero-order valence-corrected chi connectivity index (χ0v) is 16.9. The van der Waals surface area contributed by atoms with Gasteiger partial charge in [0.1, 0.15) is 5.92 Å². The lowest BCUT2D eigenvalue weighted by Crippen LogP contribution is -2.32. The number of hydrogen-bond acceptors (Lipinski definition) is 4. The van der Waals surface area contributed by atoms with Crippen LogP contribution in [-0.2, 0) is 16.1 Å². The van der Waals surface area contributed by atoms with Crippen LogP contribution in [0.4, 0.5) is 0 Å². The zero-order chi connectivity index (χ0) is 21.1. The molecule has 6 nitrogen and oxygen atoms in total. The molecule has 1 aliphatic rings. The summed E-state index contributed by atoms with van der Waals surface area (Å²) in [5.74, 6) is -2.69. The average Bonchev–Trinajstić information content (AvgIpc) is 3.37. The minimum atomic E-state index is -1.07. The van der Waals surface area contributed by atoms with Gasteiger partial charge < -0.3 is 9.47 Å². The number of halogens is 1. The first-order valence-corrected chi connectivity index (χ1v) is 10.1. The Balaban J connectivity index is 1.65. The third kappa shape index (κ3) is 3.91. The third-order valence-electron chi connectivity index (χ3n) is 5.33. The summed E-state index contributed by atoms with van der Waals surface area (Å²) in [6.07, 6.45) is 5.87. The van der Waals surface area contributed by atoms with Gasteiger partial charge in [0.15, 0.2) is 5.78 Å². The van der Waals surface area contributed by atoms with Crippen molar-refractivity contribution in [3.63, 3.8) is 0 Å². The van der Waals surface area contributed by atoms with Gasteiger partial charge in [-0.15, -0.1) is 0 Å². The largest absolute Gasteiger partial charge is 0.337 e. The van der Waals surface area contributed by atoms with Crippen LogP contribution < -0.4 is 0 Å². The summed E-state index contributed by atoms with van der Waals surface area (Å²) in [6.45, 7) is 1.01. The molecule has 1 saturated heterocycles. The third-order valence-corrected chi connectivity index (χ3v) is 5.58. The van der Waals surface area contributed by atoms with Crippen LogP contribution in [-0.4, -0.2) is 38.5 Å². The van der Waals surface area contributed by atoms with Crippen molar-refractivity contribution in [3.05, 3.63) is 89.5 Å². The summed E-state index contributed by atoms with van der Waals surface area (Å²) < 4.78 is 1.91. The predicted molar refractivity (Wildman–Crippen MR) is 112 cm³/mol. The van der Waals surface area contributed by atoms with E-state index in [-0.39, 0.29) is 5.78 Å². The monoisotopic (exact) mass is 421 g/mol. The molecule has 3 aromatic rings. The van der Waals surface area contributed by atoms with Gasteiger partial charge in [-0.3, -0.25) is 14.4 Å². The molecule has 2 atom stereocenters. The van der Waals surface area contributed by atoms with Gasteiger partial charge in [0.2, 0.25) is 5.78 Å². The van der Waals surface area contributed by atoms with E-state index in [4.69, 9.17) is 11.6 Å². The van der Waals surface area contributed by atoms with Crippen LogP contribution in [0.2, 0.25) is 5.02 Å². The van der Waals surface area contributed by atoms with Gasteiger partial charge in [-0.25, -0.2) is 4.98 Å². The highest BCUT2D eigenvalue weighted by Crippen LogP contribution is 2.38. The molecule has 2 unspecified atom stereocenters. The minimum absolute atomic E-state index is 0.342. The molecule has 30 heavy (non-hydrogen) atoms. The van der Waals surface area contributed by atoms with Gasteiger partial charge in [-0.05, 0) is 24.1 Å². The zero-order valence-electron chi connectivity index (χ0n) is 16.1. The Morgan fingerprint density at radius 2 is 1.73 bits per heavy atom. The number of carbonyl (C=O) groups is 3. The molecule has 152 valence electrons. The fourth-order valence-corrected chi connectivity index (χ4v) is 4.01. The highest BCUT2D eigenvalue weighted by molar-refractivity contribution is 6.44. The second-order valence-corrected chi connectivity index (χ2v) is 7.66. The standard InChI is InChI=1S/C23H20ClN3O3/c24-18-9-7-16(8-10-18)20-19(21(28)17-5-2-1-3-6-17)22(29)23(30)27(20)13-4-12-26-14-11-25-15-26/h1-3,5-11,14-15,19-20H,4,12-13H2. The number of imidazole rings is 1. The molecule has 0 N–H and O–H groups in total. The van der Waals surface area contributed by atoms with E-state index in [1.54, 1.807) is 67.1 Å². The Morgan fingerprint density at radius 3 is 2.40 bits per heavy atom. The Labute approximate surface area is 179 Å². The predicted octanol–water partition coefficient (Wildman–Crippen LogP) is 3.58. The Bertz CT molecular complexity index is 1050. The topological polar surface area (TPSA) is 72.3 Å². The first-order valence-electron chi connectivity index (χ1n) is 9.71. The number of Topliss-reactive ketones (excluding diaryl/α,β-unsaturated/α-hetero) is 2. The van der Waals surface area contributed by atoms with Crippen molar-refractivity contribution >= 4 is 29.1 Å². The van der Waals surface area contributed by atoms with Crippen LogP contribution in [0.25, 0.3) is 0 Å². The number of aryl methyl sites for hydroxylation is 1. The maximum Gasteiger partial charge on any atom is 0.291 e. The van der Waals surface area contributed by atoms with E-state index < -0.39 is 23.7 Å². The van der Waals surface area contributed by atoms with Gasteiger partial charge in [0.05, 0.1) is 12.4 Å². The minimum Gasteiger partial charge on any atom is -0.337 e. The Hall–Kier alpha value is -3.25. The van der Waals surface area contributed by atoms with E-state index in [0.717, 1.165) is 5.56 Å². The lowest BCUT2D eigenvalue weighted by molar-refractivity contribution is -0.140. The lowest BCUT2D eigenvalue weighted by Gasteiger charge is -2.27. The first kappa shape index (κ1) is 20.0. The van der Waals surface area contributed by atoms with E-state index in [1.165, 1.54) is 4.90 Å². The molecule has 2 heterocycles. The molecule has 0 saturated carbocycles. The molecule has 0 radical (unpaired) electrons. The summed E-state index contributed by atoms with van der Waals surface area (Å²) in [4.78, 5) is 44.5. The molecule has 1 aromatic heterocycles. The van der Waals surface area contributed by atoms with Crippen molar-refractivity contribution in [2.24, 2.45) is 5.92 Å². The van der Waals surface area contributed by atoms with Gasteiger partial charge in [0, 0.05) is 36.1 Å². The molecule has 1 aliphatic heterocycles. The summed E-state index contributed by atoms with van der Waals surface area (Å²) in [7, 11) is 0. The molecule has 1 fully saturated rings. The SMILES string of the molecule is O=C1C(=O)N(CCCn2ccnc2)C(c2ccc(Cl)cc2)C1C(=O)c1ccccc1. The van der Waals surface area contributed by atoms with Gasteiger partial charge >= 0.3 is 0 Å². The van der Waals surface area contributed by atoms with Crippen molar-refractivity contribution in [1.29, 1.82) is 0 Å². The van der Waals surface area contributed by atoms with Crippen molar-refractivity contribution in [2.45, 2.75) is 19.0 Å². The van der Waals surface area contributed by atoms with Crippen LogP contribution >= 0.6 is 11.6 Å². The van der Waals surface area contributed by atoms with Crippen LogP contribution in [0.1, 0.15) is 28.4 Å². The highest BCUT2D eigenvalue weighted by atomic mass is 35.5. The Morgan fingerprint density at radius 1 is 1.00 bits per heavy atom. The van der Waals surface area contributed by atoms with Crippen molar-refractivity contribution in [3.8, 4) is 0 Å². The fourth-order valence-electron chi connectivity index (χ4n) is 3.88. The molecule has 2 aromatic carbocycles. The average molecular weight is 422 g/mol. The lowest BCUT2D eigenvalue weighted by atomic mass is 9.86. The maximum atomic E-state index is 13.2. The van der Waals surface area contributed by atoms with Crippen molar-refractivity contribution < 1.29 is 14.4 Å². The van der Waals surface area contributed by atoms with Crippen LogP contribution in [0.15, 0.2) is 73.3 Å². The van der Waals surface area contributed by atoms with Gasteiger partial charge in [-0.2, -0.15) is 0 Å². The van der Waals surface area contributed by atoms with Crippen LogP contribution in [0.3, 0.4) is 0 Å². The summed E-state index contributed by atoms with van der Waals surface area (Å²) >= 11 is 6.02. The number of ketones is 2. The second-order valence-electron chi connectivity index (χ2n) is 7.22. The number of aromatic nitrogens is 2.